The number of esters is 1. The molecule has 2 rings (SSSR count). The third kappa shape index (κ3) is 4.95. The van der Waals surface area contributed by atoms with Gasteiger partial charge >= 0.3 is 5.97 Å². The molecule has 0 atom stereocenters. The van der Waals surface area contributed by atoms with Crippen molar-refractivity contribution in [2.75, 3.05) is 13.7 Å². The molecule has 0 unspecified atom stereocenters. The predicted octanol–water partition coefficient (Wildman–Crippen LogP) is 2.26. The van der Waals surface area contributed by atoms with Crippen LogP contribution in [0.3, 0.4) is 0 Å². The summed E-state index contributed by atoms with van der Waals surface area (Å²) in [5.41, 5.74) is 1.75. The van der Waals surface area contributed by atoms with Gasteiger partial charge in [0.25, 0.3) is 5.91 Å². The maximum absolute atomic E-state index is 11.9. The number of thiophene rings is 1. The SMILES string of the molecule is Cc1nc(CC(=O)OCC(=O)N(C)Cc2ccsc2)cs1. The van der Waals surface area contributed by atoms with E-state index in [2.05, 4.69) is 4.98 Å². The quantitative estimate of drug-likeness (QED) is 0.765. The van der Waals surface area contributed by atoms with Crippen LogP contribution in [0.15, 0.2) is 22.2 Å². The van der Waals surface area contributed by atoms with Gasteiger partial charge in [0, 0.05) is 19.0 Å². The molecule has 21 heavy (non-hydrogen) atoms. The Kier molecular flexibility index (Phi) is 5.46. The van der Waals surface area contributed by atoms with Crippen molar-refractivity contribution in [3.8, 4) is 0 Å². The molecule has 0 aliphatic heterocycles. The van der Waals surface area contributed by atoms with Crippen LogP contribution >= 0.6 is 22.7 Å². The standard InChI is InChI=1S/C14H16N2O3S2/c1-10-15-12(9-21-10)5-14(18)19-7-13(17)16(2)6-11-3-4-20-8-11/h3-4,8-9H,5-7H2,1-2H3. The van der Waals surface area contributed by atoms with Crippen LogP contribution in [-0.4, -0.2) is 35.4 Å². The number of hydrogen-bond acceptors (Lipinski definition) is 6. The van der Waals surface area contributed by atoms with Gasteiger partial charge in [-0.1, -0.05) is 0 Å². The first-order valence-corrected chi connectivity index (χ1v) is 8.18. The van der Waals surface area contributed by atoms with Crippen molar-refractivity contribution in [1.82, 2.24) is 9.88 Å². The molecular weight excluding hydrogens is 308 g/mol. The van der Waals surface area contributed by atoms with Gasteiger partial charge in [0.1, 0.15) is 0 Å². The molecule has 5 nitrogen and oxygen atoms in total. The van der Waals surface area contributed by atoms with Crippen LogP contribution in [0.2, 0.25) is 0 Å². The minimum Gasteiger partial charge on any atom is -0.455 e. The molecule has 0 aliphatic rings. The number of likely N-dealkylation sites (N-methyl/N-ethyl adjacent to an activating group) is 1. The Morgan fingerprint density at radius 2 is 2.19 bits per heavy atom. The summed E-state index contributed by atoms with van der Waals surface area (Å²) in [6, 6.07) is 1.96. The number of carbonyl (C=O) groups is 2. The second kappa shape index (κ2) is 7.33. The van der Waals surface area contributed by atoms with Gasteiger partial charge in [0.15, 0.2) is 6.61 Å². The van der Waals surface area contributed by atoms with Crippen molar-refractivity contribution in [1.29, 1.82) is 0 Å². The second-order valence-electron chi connectivity index (χ2n) is 4.58. The van der Waals surface area contributed by atoms with Crippen molar-refractivity contribution in [2.24, 2.45) is 0 Å². The summed E-state index contributed by atoms with van der Waals surface area (Å²) in [5.74, 6) is -0.651. The number of aryl methyl sites for hydroxylation is 1. The zero-order chi connectivity index (χ0) is 15.2. The molecule has 7 heteroatoms. The molecule has 0 radical (unpaired) electrons. The summed E-state index contributed by atoms with van der Waals surface area (Å²) in [5, 5.41) is 6.68. The number of ether oxygens (including phenoxy) is 1. The fraction of sp³-hybridized carbons (Fsp3) is 0.357. The molecule has 2 aromatic heterocycles. The lowest BCUT2D eigenvalue weighted by molar-refractivity contribution is -0.151. The lowest BCUT2D eigenvalue weighted by atomic mass is 10.3. The van der Waals surface area contributed by atoms with E-state index in [0.29, 0.717) is 12.2 Å². The highest BCUT2D eigenvalue weighted by molar-refractivity contribution is 7.09. The van der Waals surface area contributed by atoms with Crippen LogP contribution in [0, 0.1) is 6.92 Å². The van der Waals surface area contributed by atoms with E-state index < -0.39 is 5.97 Å². The summed E-state index contributed by atoms with van der Waals surface area (Å²) in [7, 11) is 1.69. The maximum atomic E-state index is 11.9. The fourth-order valence-electron chi connectivity index (χ4n) is 1.69. The molecule has 0 saturated carbocycles. The van der Waals surface area contributed by atoms with E-state index in [1.54, 1.807) is 23.3 Å². The van der Waals surface area contributed by atoms with Crippen LogP contribution in [0.4, 0.5) is 0 Å². The average molecular weight is 324 g/mol. The largest absolute Gasteiger partial charge is 0.455 e. The summed E-state index contributed by atoms with van der Waals surface area (Å²) >= 11 is 3.07. The Morgan fingerprint density at radius 3 is 2.81 bits per heavy atom. The smallest absolute Gasteiger partial charge is 0.312 e. The number of aromatic nitrogens is 1. The zero-order valence-electron chi connectivity index (χ0n) is 11.9. The average Bonchev–Trinajstić information content (AvgIpc) is 3.08. The van der Waals surface area contributed by atoms with Crippen molar-refractivity contribution in [3.63, 3.8) is 0 Å². The van der Waals surface area contributed by atoms with Crippen molar-refractivity contribution in [3.05, 3.63) is 38.5 Å². The van der Waals surface area contributed by atoms with Crippen LogP contribution < -0.4 is 0 Å². The lowest BCUT2D eigenvalue weighted by Crippen LogP contribution is -2.30. The number of thiazole rings is 1. The van der Waals surface area contributed by atoms with Crippen LogP contribution in [0.5, 0.6) is 0 Å². The number of nitrogens with zero attached hydrogens (tertiary/aromatic N) is 2. The number of hydrogen-bond donors (Lipinski definition) is 0. The van der Waals surface area contributed by atoms with Crippen LogP contribution in [-0.2, 0) is 27.3 Å². The molecule has 0 bridgehead atoms. The van der Waals surface area contributed by atoms with Crippen molar-refractivity contribution in [2.45, 2.75) is 19.9 Å². The van der Waals surface area contributed by atoms with Crippen molar-refractivity contribution < 1.29 is 14.3 Å². The first-order valence-electron chi connectivity index (χ1n) is 6.36. The first kappa shape index (κ1) is 15.7. The van der Waals surface area contributed by atoms with E-state index in [9.17, 15) is 9.59 Å². The monoisotopic (exact) mass is 324 g/mol. The van der Waals surface area contributed by atoms with E-state index in [0.717, 1.165) is 10.6 Å². The maximum Gasteiger partial charge on any atom is 0.312 e. The number of amides is 1. The second-order valence-corrected chi connectivity index (χ2v) is 6.42. The van der Waals surface area contributed by atoms with Gasteiger partial charge in [0.05, 0.1) is 17.1 Å². The fourth-order valence-corrected chi connectivity index (χ4v) is 2.96. The van der Waals surface area contributed by atoms with Gasteiger partial charge in [-0.3, -0.25) is 9.59 Å². The molecule has 0 N–H and O–H groups in total. The Morgan fingerprint density at radius 1 is 1.38 bits per heavy atom. The molecule has 0 spiro atoms. The van der Waals surface area contributed by atoms with E-state index in [-0.39, 0.29) is 18.9 Å². The molecule has 0 fully saturated rings. The van der Waals surface area contributed by atoms with Gasteiger partial charge in [-0.15, -0.1) is 11.3 Å². The van der Waals surface area contributed by atoms with Gasteiger partial charge in [-0.05, 0) is 29.3 Å². The number of rotatable bonds is 6. The Bertz CT molecular complexity index is 608. The van der Waals surface area contributed by atoms with E-state index in [1.807, 2.05) is 29.1 Å². The third-order valence-corrected chi connectivity index (χ3v) is 4.33. The molecule has 0 aliphatic carbocycles. The Labute approximate surface area is 131 Å². The molecule has 2 heterocycles. The van der Waals surface area contributed by atoms with Crippen molar-refractivity contribution >= 4 is 34.6 Å². The Hall–Kier alpha value is -1.73. The zero-order valence-corrected chi connectivity index (χ0v) is 13.5. The van der Waals surface area contributed by atoms with Gasteiger partial charge in [0.2, 0.25) is 0 Å². The summed E-state index contributed by atoms with van der Waals surface area (Å²) < 4.78 is 4.99. The minimum atomic E-state index is -0.433. The first-order chi connectivity index (χ1) is 10.0. The van der Waals surface area contributed by atoms with E-state index in [1.165, 1.54) is 11.3 Å². The highest BCUT2D eigenvalue weighted by Crippen LogP contribution is 2.10. The third-order valence-electron chi connectivity index (χ3n) is 2.77. The highest BCUT2D eigenvalue weighted by atomic mass is 32.1. The van der Waals surface area contributed by atoms with Gasteiger partial charge in [-0.2, -0.15) is 11.3 Å². The molecule has 0 saturated heterocycles. The summed E-state index contributed by atoms with van der Waals surface area (Å²) in [4.78, 5) is 29.2. The van der Waals surface area contributed by atoms with E-state index in [4.69, 9.17) is 4.74 Å². The van der Waals surface area contributed by atoms with Crippen LogP contribution in [0.1, 0.15) is 16.3 Å². The molecule has 1 amide bonds. The highest BCUT2D eigenvalue weighted by Gasteiger charge is 2.14. The minimum absolute atomic E-state index is 0.103. The molecule has 112 valence electrons. The Balaban J connectivity index is 1.74. The molecule has 0 aromatic carbocycles. The topological polar surface area (TPSA) is 59.5 Å². The van der Waals surface area contributed by atoms with Crippen LogP contribution in [0.25, 0.3) is 0 Å². The summed E-state index contributed by atoms with van der Waals surface area (Å²) in [6.45, 7) is 2.16. The predicted molar refractivity (Wildman–Crippen MR) is 82.3 cm³/mol. The molecule has 2 aromatic rings. The summed E-state index contributed by atoms with van der Waals surface area (Å²) in [6.07, 6.45) is 0.103. The lowest BCUT2D eigenvalue weighted by Gasteiger charge is -2.16. The molecular formula is C14H16N2O3S2. The van der Waals surface area contributed by atoms with Gasteiger partial charge < -0.3 is 9.64 Å². The normalized spacial score (nSPS) is 10.4. The van der Waals surface area contributed by atoms with Gasteiger partial charge in [-0.25, -0.2) is 4.98 Å². The van der Waals surface area contributed by atoms with E-state index >= 15 is 0 Å². The number of carbonyl (C=O) groups excluding carboxylic acids is 2.